The van der Waals surface area contributed by atoms with E-state index in [-0.39, 0.29) is 73.4 Å². The largest absolute Gasteiger partial charge is 0.460 e. The number of rotatable bonds is 15. The molecule has 0 aromatic heterocycles. The van der Waals surface area contributed by atoms with Gasteiger partial charge in [-0.1, -0.05) is 71.1 Å². The van der Waals surface area contributed by atoms with Crippen molar-refractivity contribution in [2.45, 2.75) is 186 Å². The molecule has 1 N–H and O–H groups in total. The Morgan fingerprint density at radius 1 is 0.805 bits per heavy atom. The second kappa shape index (κ2) is 32.3. The van der Waals surface area contributed by atoms with Crippen LogP contribution in [0.1, 0.15) is 132 Å². The molecule has 3 fully saturated rings. The molecule has 18 heteroatoms. The molecule has 77 heavy (non-hydrogen) atoms. The maximum atomic E-state index is 14.6. The number of carbonyl (C=O) groups excluding carboxylic acids is 5. The van der Waals surface area contributed by atoms with Crippen molar-refractivity contribution in [1.82, 2.24) is 4.90 Å². The van der Waals surface area contributed by atoms with E-state index in [9.17, 15) is 33.6 Å². The molecule has 0 aromatic carbocycles. The minimum Gasteiger partial charge on any atom is -0.460 e. The predicted molar refractivity (Wildman–Crippen MR) is 295 cm³/mol. The number of ketones is 3. The van der Waals surface area contributed by atoms with Crippen LogP contribution in [-0.4, -0.2) is 169 Å². The molecule has 0 aromatic rings. The van der Waals surface area contributed by atoms with Gasteiger partial charge in [0.15, 0.2) is 18.9 Å². The van der Waals surface area contributed by atoms with Crippen molar-refractivity contribution >= 4 is 36.6 Å². The number of aliphatic hydroxyl groups is 1. The van der Waals surface area contributed by atoms with Gasteiger partial charge in [-0.05, 0) is 107 Å². The molecule has 4 rings (SSSR count). The molecule has 1 unspecified atom stereocenters. The summed E-state index contributed by atoms with van der Waals surface area (Å²) in [6, 6.07) is -1.10. The van der Waals surface area contributed by atoms with Crippen LogP contribution < -0.4 is 0 Å². The quantitative estimate of drug-likeness (QED) is 0.0534. The fourth-order valence-corrected chi connectivity index (χ4v) is 12.3. The molecule has 438 valence electrons. The first kappa shape index (κ1) is 66.3. The molecule has 3 aliphatic heterocycles. The summed E-state index contributed by atoms with van der Waals surface area (Å²) < 4.78 is 66.1. The molecular weight excluding hydrogens is 1010 g/mol. The summed E-state index contributed by atoms with van der Waals surface area (Å²) >= 11 is 0. The highest BCUT2D eigenvalue weighted by molar-refractivity contribution is 7.57. The summed E-state index contributed by atoms with van der Waals surface area (Å²) in [6.45, 7) is 18.0. The van der Waals surface area contributed by atoms with Crippen LogP contribution in [0.4, 0.5) is 0 Å². The maximum Gasteiger partial charge on any atom is 0.329 e. The Hall–Kier alpha value is -3.22. The van der Waals surface area contributed by atoms with E-state index in [1.54, 1.807) is 47.5 Å². The van der Waals surface area contributed by atoms with Gasteiger partial charge in [-0.15, -0.1) is 0 Å². The lowest BCUT2D eigenvalue weighted by molar-refractivity contribution is -0.282. The number of hydrogen-bond acceptors (Lipinski definition) is 16. The van der Waals surface area contributed by atoms with Crippen LogP contribution in [-0.2, 0) is 71.0 Å². The summed E-state index contributed by atoms with van der Waals surface area (Å²) in [5.41, 5.74) is 1.53. The van der Waals surface area contributed by atoms with E-state index in [1.165, 1.54) is 19.1 Å². The first-order chi connectivity index (χ1) is 36.4. The molecule has 0 radical (unpaired) electrons. The molecule has 15 atom stereocenters. The second-order valence-corrected chi connectivity index (χ2v) is 25.5. The Morgan fingerprint density at radius 3 is 2.19 bits per heavy atom. The van der Waals surface area contributed by atoms with Crippen molar-refractivity contribution in [2.24, 2.45) is 35.5 Å². The van der Waals surface area contributed by atoms with Crippen LogP contribution in [0, 0.1) is 35.5 Å². The summed E-state index contributed by atoms with van der Waals surface area (Å²) in [5, 5.41) is 12.1. The van der Waals surface area contributed by atoms with E-state index >= 15 is 0 Å². The lowest BCUT2D eigenvalue weighted by Crippen LogP contribution is -2.54. The maximum absolute atomic E-state index is 14.6. The van der Waals surface area contributed by atoms with E-state index in [4.69, 9.17) is 42.4 Å². The van der Waals surface area contributed by atoms with Gasteiger partial charge in [-0.25, -0.2) is 4.79 Å². The van der Waals surface area contributed by atoms with Crippen LogP contribution in [0.3, 0.4) is 0 Å². The van der Waals surface area contributed by atoms with E-state index in [0.717, 1.165) is 12.0 Å². The third-order valence-corrected chi connectivity index (χ3v) is 16.8. The number of Topliss-reactive ketones (excluding diaryl/α,β-unsaturated/α-hetero) is 3. The zero-order valence-electron chi connectivity index (χ0n) is 48.7. The third kappa shape index (κ3) is 20.7. The second-order valence-electron chi connectivity index (χ2n) is 22.8. The molecule has 0 spiro atoms. The Balaban J connectivity index is 1.71. The molecular formula is C59H96NO16P. The number of fused-ring (bicyclic) bond motifs is 3. The number of nitrogens with zero attached hydrogens (tertiary/aromatic N) is 1. The molecule has 1 aliphatic carbocycles. The van der Waals surface area contributed by atoms with Crippen molar-refractivity contribution in [3.05, 3.63) is 47.6 Å². The molecule has 4 aliphatic rings. The van der Waals surface area contributed by atoms with E-state index in [1.807, 2.05) is 65.0 Å². The van der Waals surface area contributed by atoms with E-state index < -0.39 is 85.6 Å². The van der Waals surface area contributed by atoms with Gasteiger partial charge in [0.25, 0.3) is 5.91 Å². The first-order valence-electron chi connectivity index (χ1n) is 28.2. The SMILES string of the molecule is COCCOCCOC1C[C@@H]2CC[C@@H](C)[C@](O)(CC(=O)C(=O)N3CCCC[C@H]3C(=O)O[C@H]([C@H](C)C[C@@H]3CC[C@@H](OP(C)(C)=O)[C@H](OC)C3)CC(=O)[C@H](C)/C=C(\C)[C@@H](OC)[C@@H](OC)C(=O)[C@H](C)C[C@H](C)/C=C/C=C/C=C/1C)O2. The van der Waals surface area contributed by atoms with Crippen LogP contribution in [0.25, 0.3) is 0 Å². The summed E-state index contributed by atoms with van der Waals surface area (Å²) in [5.74, 6) is -6.56. The first-order valence-corrected chi connectivity index (χ1v) is 30.7. The molecule has 2 bridgehead atoms. The molecule has 1 amide bonds. The van der Waals surface area contributed by atoms with Crippen LogP contribution in [0.15, 0.2) is 47.6 Å². The number of cyclic esters (lactones) is 1. The van der Waals surface area contributed by atoms with Gasteiger partial charge in [-0.3, -0.25) is 23.7 Å². The standard InChI is InChI=1S/C59H96NO16P/c1-38-19-15-14-16-20-39(2)51(73-30-29-72-28-27-68-8)35-46-24-22-44(7)59(66,75-46)37-49(62)57(64)60-26-18-17-21-47(60)58(65)74-52(41(4)33-45-23-25-50(53(34-45)69-9)76-77(12,13)67)36-48(61)40(3)32-43(6)55(70-10)56(71-11)54(63)42(5)31-38/h14-16,19-20,32,38,40-42,44-47,50-53,55-56,66H,17-18,21-31,33-37H2,1-13H3/b16-14+,19-15+,39-20+,43-32+/t38-,40-,41-,42-,44-,45+,46+,47+,50-,51?,52+,53-,55-,56+,59+/m1/s1. The molecule has 1 saturated carbocycles. The summed E-state index contributed by atoms with van der Waals surface area (Å²) in [7, 11) is 3.41. The van der Waals surface area contributed by atoms with Crippen LogP contribution in [0.2, 0.25) is 0 Å². The molecule has 3 heterocycles. The Morgan fingerprint density at radius 2 is 1.52 bits per heavy atom. The van der Waals surface area contributed by atoms with E-state index in [2.05, 4.69) is 0 Å². The predicted octanol–water partition coefficient (Wildman–Crippen LogP) is 8.82. The highest BCUT2D eigenvalue weighted by Crippen LogP contribution is 2.45. The lowest BCUT2D eigenvalue weighted by atomic mass is 9.78. The van der Waals surface area contributed by atoms with Crippen molar-refractivity contribution in [3.8, 4) is 0 Å². The number of amides is 1. The van der Waals surface area contributed by atoms with Gasteiger partial charge in [0.2, 0.25) is 5.78 Å². The normalized spacial score (nSPS) is 36.4. The fourth-order valence-electron chi connectivity index (χ4n) is 11.4. The van der Waals surface area contributed by atoms with Gasteiger partial charge in [0.05, 0.1) is 57.3 Å². The van der Waals surface area contributed by atoms with Crippen molar-refractivity contribution < 1.29 is 76.1 Å². The highest BCUT2D eigenvalue weighted by Gasteiger charge is 2.47. The van der Waals surface area contributed by atoms with Crippen molar-refractivity contribution in [1.29, 1.82) is 0 Å². The minimum atomic E-state index is -2.79. The van der Waals surface area contributed by atoms with Gasteiger partial charge >= 0.3 is 5.97 Å². The topological polar surface area (TPSA) is 209 Å². The Kier molecular flexibility index (Phi) is 27.8. The lowest BCUT2D eigenvalue weighted by Gasteiger charge is -2.43. The number of piperidine rings is 1. The van der Waals surface area contributed by atoms with Crippen LogP contribution in [0.5, 0.6) is 0 Å². The van der Waals surface area contributed by atoms with Gasteiger partial charge in [-0.2, -0.15) is 0 Å². The number of hydrogen-bond donors (Lipinski definition) is 1. The summed E-state index contributed by atoms with van der Waals surface area (Å²) in [4.78, 5) is 72.9. The average Bonchev–Trinajstić information content (AvgIpc) is 3.38. The third-order valence-electron chi connectivity index (χ3n) is 16.0. The number of ether oxygens (including phenoxy) is 8. The van der Waals surface area contributed by atoms with Crippen LogP contribution >= 0.6 is 7.37 Å². The number of methoxy groups -OCH3 is 4. The zero-order valence-corrected chi connectivity index (χ0v) is 49.6. The smallest absolute Gasteiger partial charge is 0.329 e. The molecule has 17 nitrogen and oxygen atoms in total. The molecule has 2 saturated heterocycles. The Bertz CT molecular complexity index is 2080. The fraction of sp³-hybridized carbons (Fsp3) is 0.780. The Labute approximate surface area is 460 Å². The van der Waals surface area contributed by atoms with Crippen molar-refractivity contribution in [3.63, 3.8) is 0 Å². The summed E-state index contributed by atoms with van der Waals surface area (Å²) in [6.07, 6.45) is 12.5. The number of carbonyl (C=O) groups is 5. The minimum absolute atomic E-state index is 0.0336. The number of allylic oxidation sites excluding steroid dienone is 6. The zero-order chi connectivity index (χ0) is 57.0. The van der Waals surface area contributed by atoms with Gasteiger partial charge in [0.1, 0.15) is 30.1 Å². The van der Waals surface area contributed by atoms with E-state index in [0.29, 0.717) is 83.2 Å². The number of esters is 1. The van der Waals surface area contributed by atoms with Crippen molar-refractivity contribution in [2.75, 3.05) is 74.7 Å². The monoisotopic (exact) mass is 1110 g/mol. The highest BCUT2D eigenvalue weighted by atomic mass is 31.2. The van der Waals surface area contributed by atoms with Gasteiger partial charge in [0, 0.05) is 78.9 Å². The average molecular weight is 1110 g/mol. The van der Waals surface area contributed by atoms with Gasteiger partial charge < -0.3 is 52.4 Å².